The van der Waals surface area contributed by atoms with Crippen LogP contribution in [0.25, 0.3) is 0 Å². The van der Waals surface area contributed by atoms with Crippen molar-refractivity contribution in [3.8, 4) is 0 Å². The highest BCUT2D eigenvalue weighted by Gasteiger charge is 2.03. The van der Waals surface area contributed by atoms with Crippen molar-refractivity contribution in [1.82, 2.24) is 0 Å². The molecule has 19 heavy (non-hydrogen) atoms. The number of nitrogens with one attached hydrogen (secondary N) is 1. The van der Waals surface area contributed by atoms with Gasteiger partial charge in [-0.05, 0) is 23.3 Å². The lowest BCUT2D eigenvalue weighted by Crippen LogP contribution is -2.01. The lowest BCUT2D eigenvalue weighted by Gasteiger charge is -2.09. The van der Waals surface area contributed by atoms with Crippen LogP contribution in [0.4, 0.5) is 5.69 Å². The molecule has 0 atom stereocenters. The van der Waals surface area contributed by atoms with Crippen LogP contribution in [0.2, 0.25) is 0 Å². The van der Waals surface area contributed by atoms with Crippen LogP contribution < -0.4 is 5.32 Å². The molecule has 2 rings (SSSR count). The molecule has 0 spiro atoms. The topological polar surface area (TPSA) is 38.3 Å². The summed E-state index contributed by atoms with van der Waals surface area (Å²) in [6.07, 6.45) is 0.863. The monoisotopic (exact) mass is 255 g/mol. The Kier molecular flexibility index (Phi) is 4.70. The van der Waals surface area contributed by atoms with Gasteiger partial charge in [0.15, 0.2) is 0 Å². The fourth-order valence-corrected chi connectivity index (χ4v) is 1.90. The summed E-state index contributed by atoms with van der Waals surface area (Å²) in [6.45, 7) is 1.19. The molecule has 3 heteroatoms. The molecule has 0 amide bonds. The van der Waals surface area contributed by atoms with E-state index < -0.39 is 0 Å². The van der Waals surface area contributed by atoms with E-state index in [-0.39, 0.29) is 0 Å². The van der Waals surface area contributed by atoms with Gasteiger partial charge in [-0.25, -0.2) is 0 Å². The van der Waals surface area contributed by atoms with Crippen LogP contribution in [0.15, 0.2) is 48.5 Å². The second-order valence-electron chi connectivity index (χ2n) is 4.30. The van der Waals surface area contributed by atoms with Gasteiger partial charge < -0.3 is 10.1 Å². The molecule has 0 fully saturated rings. The molecule has 0 aliphatic carbocycles. The van der Waals surface area contributed by atoms with E-state index in [9.17, 15) is 4.79 Å². The SMILES string of the molecule is COCc1ccc(NCc2ccccc2)cc1C=O. The van der Waals surface area contributed by atoms with E-state index in [1.807, 2.05) is 36.4 Å². The van der Waals surface area contributed by atoms with E-state index in [1.165, 1.54) is 5.56 Å². The molecule has 2 aromatic carbocycles. The van der Waals surface area contributed by atoms with Crippen molar-refractivity contribution in [2.75, 3.05) is 12.4 Å². The molecule has 0 saturated heterocycles. The van der Waals surface area contributed by atoms with Crippen LogP contribution >= 0.6 is 0 Å². The van der Waals surface area contributed by atoms with E-state index >= 15 is 0 Å². The first kappa shape index (κ1) is 13.3. The molecule has 0 unspecified atom stereocenters. The van der Waals surface area contributed by atoms with Crippen molar-refractivity contribution < 1.29 is 9.53 Å². The zero-order valence-corrected chi connectivity index (χ0v) is 10.9. The van der Waals surface area contributed by atoms with Gasteiger partial charge in [-0.1, -0.05) is 36.4 Å². The van der Waals surface area contributed by atoms with Gasteiger partial charge in [0, 0.05) is 24.9 Å². The maximum atomic E-state index is 11.0. The maximum absolute atomic E-state index is 11.0. The zero-order valence-electron chi connectivity index (χ0n) is 10.9. The Hall–Kier alpha value is -2.13. The second kappa shape index (κ2) is 6.71. The Labute approximate surface area is 113 Å². The highest BCUT2D eigenvalue weighted by Crippen LogP contribution is 2.16. The van der Waals surface area contributed by atoms with Gasteiger partial charge >= 0.3 is 0 Å². The molecule has 1 N–H and O–H groups in total. The summed E-state index contributed by atoms with van der Waals surface area (Å²) < 4.78 is 5.06. The number of hydrogen-bond donors (Lipinski definition) is 1. The molecule has 0 heterocycles. The number of methoxy groups -OCH3 is 1. The third-order valence-electron chi connectivity index (χ3n) is 2.91. The van der Waals surface area contributed by atoms with E-state index in [1.54, 1.807) is 7.11 Å². The maximum Gasteiger partial charge on any atom is 0.150 e. The Bertz CT molecular complexity index is 538. The third kappa shape index (κ3) is 3.66. The predicted molar refractivity (Wildman–Crippen MR) is 76.3 cm³/mol. The summed E-state index contributed by atoms with van der Waals surface area (Å²) in [5.74, 6) is 0. The summed E-state index contributed by atoms with van der Waals surface area (Å²) in [6, 6.07) is 15.9. The number of rotatable bonds is 6. The van der Waals surface area contributed by atoms with Gasteiger partial charge in [0.2, 0.25) is 0 Å². The fourth-order valence-electron chi connectivity index (χ4n) is 1.90. The van der Waals surface area contributed by atoms with Crippen LogP contribution in [0.1, 0.15) is 21.5 Å². The quantitative estimate of drug-likeness (QED) is 0.805. The summed E-state index contributed by atoms with van der Waals surface area (Å²) in [5.41, 5.74) is 3.71. The number of anilines is 1. The average Bonchev–Trinajstić information content (AvgIpc) is 2.47. The van der Waals surface area contributed by atoms with Crippen molar-refractivity contribution in [3.63, 3.8) is 0 Å². The number of benzene rings is 2. The van der Waals surface area contributed by atoms with Crippen LogP contribution in [0, 0.1) is 0 Å². The highest BCUT2D eigenvalue weighted by atomic mass is 16.5. The Balaban J connectivity index is 2.07. The van der Waals surface area contributed by atoms with Crippen molar-refractivity contribution in [2.45, 2.75) is 13.2 Å². The lowest BCUT2D eigenvalue weighted by atomic mass is 10.1. The summed E-state index contributed by atoms with van der Waals surface area (Å²) in [7, 11) is 1.62. The molecule has 0 bridgehead atoms. The first-order valence-electron chi connectivity index (χ1n) is 6.18. The minimum atomic E-state index is 0.451. The molecule has 0 radical (unpaired) electrons. The molecule has 3 nitrogen and oxygen atoms in total. The number of ether oxygens (including phenoxy) is 1. The molecule has 0 aromatic heterocycles. The largest absolute Gasteiger partial charge is 0.381 e. The molecular formula is C16H17NO2. The van der Waals surface area contributed by atoms with Crippen LogP contribution in [-0.2, 0) is 17.9 Å². The van der Waals surface area contributed by atoms with Crippen molar-refractivity contribution in [2.24, 2.45) is 0 Å². The Morgan fingerprint density at radius 1 is 1.16 bits per heavy atom. The normalized spacial score (nSPS) is 10.2. The van der Waals surface area contributed by atoms with Crippen molar-refractivity contribution >= 4 is 12.0 Å². The van der Waals surface area contributed by atoms with Gasteiger partial charge in [-0.3, -0.25) is 4.79 Å². The zero-order chi connectivity index (χ0) is 13.5. The fraction of sp³-hybridized carbons (Fsp3) is 0.188. The summed E-state index contributed by atoms with van der Waals surface area (Å²) >= 11 is 0. The number of carbonyl (C=O) groups excluding carboxylic acids is 1. The summed E-state index contributed by atoms with van der Waals surface area (Å²) in [5, 5.41) is 3.31. The Morgan fingerprint density at radius 2 is 1.95 bits per heavy atom. The van der Waals surface area contributed by atoms with Gasteiger partial charge in [-0.2, -0.15) is 0 Å². The molecule has 98 valence electrons. The van der Waals surface area contributed by atoms with E-state index in [0.29, 0.717) is 12.2 Å². The van der Waals surface area contributed by atoms with Gasteiger partial charge in [0.25, 0.3) is 0 Å². The smallest absolute Gasteiger partial charge is 0.150 e. The standard InChI is InChI=1S/C16H17NO2/c1-19-12-14-7-8-16(9-15(14)11-18)17-10-13-5-3-2-4-6-13/h2-9,11,17H,10,12H2,1H3. The van der Waals surface area contributed by atoms with E-state index in [2.05, 4.69) is 17.4 Å². The number of carbonyl (C=O) groups is 1. The van der Waals surface area contributed by atoms with Gasteiger partial charge in [0.1, 0.15) is 6.29 Å². The minimum absolute atomic E-state index is 0.451. The van der Waals surface area contributed by atoms with Gasteiger partial charge in [-0.15, -0.1) is 0 Å². The molecule has 0 saturated carbocycles. The molecule has 2 aromatic rings. The third-order valence-corrected chi connectivity index (χ3v) is 2.91. The van der Waals surface area contributed by atoms with Crippen LogP contribution in [0.3, 0.4) is 0 Å². The second-order valence-corrected chi connectivity index (χ2v) is 4.30. The number of hydrogen-bond acceptors (Lipinski definition) is 3. The Morgan fingerprint density at radius 3 is 2.63 bits per heavy atom. The summed E-state index contributed by atoms with van der Waals surface area (Å²) in [4.78, 5) is 11.0. The lowest BCUT2D eigenvalue weighted by molar-refractivity contribution is 0.111. The van der Waals surface area contributed by atoms with E-state index in [0.717, 1.165) is 24.1 Å². The van der Waals surface area contributed by atoms with Crippen LogP contribution in [-0.4, -0.2) is 13.4 Å². The predicted octanol–water partition coefficient (Wildman–Crippen LogP) is 3.26. The number of aldehydes is 1. The van der Waals surface area contributed by atoms with Crippen LogP contribution in [0.5, 0.6) is 0 Å². The minimum Gasteiger partial charge on any atom is -0.381 e. The van der Waals surface area contributed by atoms with Crippen molar-refractivity contribution in [1.29, 1.82) is 0 Å². The molecular weight excluding hydrogens is 238 g/mol. The van der Waals surface area contributed by atoms with E-state index in [4.69, 9.17) is 4.74 Å². The molecule has 0 aliphatic heterocycles. The highest BCUT2D eigenvalue weighted by molar-refractivity contribution is 5.79. The average molecular weight is 255 g/mol. The van der Waals surface area contributed by atoms with Gasteiger partial charge in [0.05, 0.1) is 6.61 Å². The first-order valence-corrected chi connectivity index (χ1v) is 6.18. The molecule has 0 aliphatic rings. The first-order chi connectivity index (χ1) is 9.33. The van der Waals surface area contributed by atoms with Crippen molar-refractivity contribution in [3.05, 3.63) is 65.2 Å².